The van der Waals surface area contributed by atoms with Crippen LogP contribution in [0, 0.1) is 0 Å². The average Bonchev–Trinajstić information content (AvgIpc) is 3.20. The monoisotopic (exact) mass is 511 g/mol. The molecule has 10 heteroatoms. The summed E-state index contributed by atoms with van der Waals surface area (Å²) in [6.45, 7) is 3.24. The fourth-order valence-corrected chi connectivity index (χ4v) is 4.82. The number of Topliss-reactive ketones (excluding diaryl/α,β-unsaturated/α-hetero) is 1. The summed E-state index contributed by atoms with van der Waals surface area (Å²) in [4.78, 5) is 28.6. The van der Waals surface area contributed by atoms with Crippen molar-refractivity contribution in [3.8, 4) is 16.3 Å². The zero-order chi connectivity index (χ0) is 25.0. The van der Waals surface area contributed by atoms with E-state index in [9.17, 15) is 22.8 Å². The number of thiazole rings is 1. The molecule has 3 aromatic rings. The lowest BCUT2D eigenvalue weighted by molar-refractivity contribution is -0.139. The molecule has 34 heavy (non-hydrogen) atoms. The van der Waals surface area contributed by atoms with Crippen LogP contribution in [0.15, 0.2) is 42.5 Å². The number of halogens is 4. The molecule has 0 aliphatic heterocycles. The standard InChI is InChI=1S/C24H21ClF3NO4S/c1-13(2)22-20(34-23(29-22)15-5-3-4-6-16(15)24(26,27)28)10-8-18(30)14-7-9-19(17(25)11-14)33-12-21(31)32/h3-7,9,11,13H,8,10,12H2,1-2H3,(H,31,32). The first-order chi connectivity index (χ1) is 16.0. The number of nitrogens with zero attached hydrogens (tertiary/aromatic N) is 1. The molecule has 2 aromatic carbocycles. The quantitative estimate of drug-likeness (QED) is 0.317. The number of carboxylic acids is 1. The smallest absolute Gasteiger partial charge is 0.417 e. The number of ether oxygens (including phenoxy) is 1. The van der Waals surface area contributed by atoms with Crippen molar-refractivity contribution in [3.05, 3.63) is 69.2 Å². The summed E-state index contributed by atoms with van der Waals surface area (Å²) in [5, 5.41) is 9.07. The third-order valence-electron chi connectivity index (χ3n) is 4.92. The number of alkyl halides is 3. The first kappa shape index (κ1) is 25.7. The molecule has 180 valence electrons. The van der Waals surface area contributed by atoms with Gasteiger partial charge in [-0.05, 0) is 36.6 Å². The minimum atomic E-state index is -4.50. The van der Waals surface area contributed by atoms with Crippen LogP contribution in [0.3, 0.4) is 0 Å². The number of hydrogen-bond donors (Lipinski definition) is 1. The summed E-state index contributed by atoms with van der Waals surface area (Å²) in [5.41, 5.74) is 0.260. The van der Waals surface area contributed by atoms with Gasteiger partial charge in [-0.15, -0.1) is 11.3 Å². The Labute approximate surface area is 203 Å². The maximum Gasteiger partial charge on any atom is 0.417 e. The Kier molecular flexibility index (Phi) is 7.99. The zero-order valence-corrected chi connectivity index (χ0v) is 19.9. The number of hydrogen-bond acceptors (Lipinski definition) is 5. The normalized spacial score (nSPS) is 11.6. The molecule has 1 heterocycles. The van der Waals surface area contributed by atoms with Gasteiger partial charge in [0.25, 0.3) is 0 Å². The molecule has 0 spiro atoms. The van der Waals surface area contributed by atoms with E-state index >= 15 is 0 Å². The Morgan fingerprint density at radius 1 is 1.18 bits per heavy atom. The van der Waals surface area contributed by atoms with Gasteiger partial charge in [-0.3, -0.25) is 4.79 Å². The maximum absolute atomic E-state index is 13.5. The Bertz CT molecular complexity index is 1210. The molecule has 0 amide bonds. The molecule has 0 atom stereocenters. The average molecular weight is 512 g/mol. The van der Waals surface area contributed by atoms with Gasteiger partial charge in [-0.25, -0.2) is 9.78 Å². The fourth-order valence-electron chi connectivity index (χ4n) is 3.33. The number of aliphatic carboxylic acids is 1. The third kappa shape index (κ3) is 6.15. The molecule has 3 rings (SSSR count). The zero-order valence-electron chi connectivity index (χ0n) is 18.3. The second-order valence-corrected chi connectivity index (χ2v) is 9.27. The summed E-state index contributed by atoms with van der Waals surface area (Å²) in [5.74, 6) is -1.25. The van der Waals surface area contributed by atoms with Crippen LogP contribution in [0.5, 0.6) is 5.75 Å². The molecular formula is C24H21ClF3NO4S. The van der Waals surface area contributed by atoms with Crippen LogP contribution in [-0.4, -0.2) is 28.4 Å². The second kappa shape index (κ2) is 10.6. The van der Waals surface area contributed by atoms with Crippen molar-refractivity contribution < 1.29 is 32.6 Å². The van der Waals surface area contributed by atoms with Crippen LogP contribution in [0.1, 0.15) is 52.7 Å². The minimum absolute atomic E-state index is 0.0169. The molecule has 0 bridgehead atoms. The van der Waals surface area contributed by atoms with Crippen LogP contribution in [0.4, 0.5) is 13.2 Å². The molecular weight excluding hydrogens is 491 g/mol. The lowest BCUT2D eigenvalue weighted by atomic mass is 10.0. The molecule has 0 aliphatic carbocycles. The number of rotatable bonds is 9. The van der Waals surface area contributed by atoms with Gasteiger partial charge >= 0.3 is 12.1 Å². The number of aryl methyl sites for hydroxylation is 1. The number of carbonyl (C=O) groups excluding carboxylic acids is 1. The lowest BCUT2D eigenvalue weighted by Gasteiger charge is -2.10. The van der Waals surface area contributed by atoms with Gasteiger partial charge in [-0.1, -0.05) is 43.6 Å². The summed E-state index contributed by atoms with van der Waals surface area (Å²) >= 11 is 7.25. The van der Waals surface area contributed by atoms with Crippen molar-refractivity contribution in [2.24, 2.45) is 0 Å². The van der Waals surface area contributed by atoms with Gasteiger partial charge in [-0.2, -0.15) is 13.2 Å². The Balaban J connectivity index is 1.81. The summed E-state index contributed by atoms with van der Waals surface area (Å²) < 4.78 is 45.5. The van der Waals surface area contributed by atoms with Gasteiger partial charge < -0.3 is 9.84 Å². The molecule has 0 saturated heterocycles. The van der Waals surface area contributed by atoms with E-state index in [1.54, 1.807) is 0 Å². The Morgan fingerprint density at radius 3 is 2.50 bits per heavy atom. The van der Waals surface area contributed by atoms with Crippen molar-refractivity contribution in [1.82, 2.24) is 4.98 Å². The van der Waals surface area contributed by atoms with Gasteiger partial charge in [0.15, 0.2) is 12.4 Å². The van der Waals surface area contributed by atoms with Crippen LogP contribution >= 0.6 is 22.9 Å². The second-order valence-electron chi connectivity index (χ2n) is 7.78. The molecule has 1 aromatic heterocycles. The highest BCUT2D eigenvalue weighted by Crippen LogP contribution is 2.40. The Morgan fingerprint density at radius 2 is 1.88 bits per heavy atom. The van der Waals surface area contributed by atoms with Crippen molar-refractivity contribution >= 4 is 34.7 Å². The van der Waals surface area contributed by atoms with E-state index in [1.807, 2.05) is 13.8 Å². The molecule has 0 aliphatic rings. The van der Waals surface area contributed by atoms with Crippen molar-refractivity contribution in [2.75, 3.05) is 6.61 Å². The van der Waals surface area contributed by atoms with Crippen LogP contribution in [0.2, 0.25) is 5.02 Å². The first-order valence-corrected chi connectivity index (χ1v) is 11.5. The highest BCUT2D eigenvalue weighted by molar-refractivity contribution is 7.15. The van der Waals surface area contributed by atoms with Crippen LogP contribution in [-0.2, 0) is 17.4 Å². The van der Waals surface area contributed by atoms with Gasteiger partial charge in [0, 0.05) is 22.4 Å². The van der Waals surface area contributed by atoms with E-state index in [4.69, 9.17) is 21.4 Å². The predicted octanol–water partition coefficient (Wildman–Crippen LogP) is 6.88. The van der Waals surface area contributed by atoms with E-state index in [0.29, 0.717) is 17.7 Å². The summed E-state index contributed by atoms with van der Waals surface area (Å²) in [6.07, 6.45) is -4.09. The highest BCUT2D eigenvalue weighted by Gasteiger charge is 2.34. The number of benzene rings is 2. The molecule has 0 unspecified atom stereocenters. The van der Waals surface area contributed by atoms with Crippen molar-refractivity contribution in [3.63, 3.8) is 0 Å². The largest absolute Gasteiger partial charge is 0.480 e. The van der Waals surface area contributed by atoms with E-state index in [1.165, 1.54) is 36.4 Å². The maximum atomic E-state index is 13.5. The fraction of sp³-hybridized carbons (Fsp3) is 0.292. The number of carboxylic acid groups (broad SMARTS) is 1. The molecule has 5 nitrogen and oxygen atoms in total. The Hall–Kier alpha value is -2.91. The summed E-state index contributed by atoms with van der Waals surface area (Å²) in [7, 11) is 0. The first-order valence-electron chi connectivity index (χ1n) is 10.3. The van der Waals surface area contributed by atoms with Crippen molar-refractivity contribution in [2.45, 2.75) is 38.8 Å². The molecule has 0 saturated carbocycles. The molecule has 1 N–H and O–H groups in total. The number of carbonyl (C=O) groups is 2. The van der Waals surface area contributed by atoms with Crippen molar-refractivity contribution in [1.29, 1.82) is 0 Å². The van der Waals surface area contributed by atoms with Gasteiger partial charge in [0.1, 0.15) is 10.8 Å². The molecule has 0 fully saturated rings. The predicted molar refractivity (Wildman–Crippen MR) is 124 cm³/mol. The van der Waals surface area contributed by atoms with Gasteiger partial charge in [0.2, 0.25) is 0 Å². The minimum Gasteiger partial charge on any atom is -0.480 e. The third-order valence-corrected chi connectivity index (χ3v) is 6.38. The number of ketones is 1. The summed E-state index contributed by atoms with van der Waals surface area (Å²) in [6, 6.07) is 9.63. The topological polar surface area (TPSA) is 76.5 Å². The van der Waals surface area contributed by atoms with Crippen LogP contribution < -0.4 is 4.74 Å². The van der Waals surface area contributed by atoms with E-state index in [2.05, 4.69) is 4.98 Å². The number of aromatic nitrogens is 1. The highest BCUT2D eigenvalue weighted by atomic mass is 35.5. The lowest BCUT2D eigenvalue weighted by Crippen LogP contribution is -2.10. The van der Waals surface area contributed by atoms with E-state index in [0.717, 1.165) is 22.3 Å². The molecule has 0 radical (unpaired) electrons. The SMILES string of the molecule is CC(C)c1nc(-c2ccccc2C(F)(F)F)sc1CCC(=O)c1ccc(OCC(=O)O)c(Cl)c1. The van der Waals surface area contributed by atoms with E-state index < -0.39 is 24.3 Å². The van der Waals surface area contributed by atoms with Crippen LogP contribution in [0.25, 0.3) is 10.6 Å². The van der Waals surface area contributed by atoms with E-state index in [-0.39, 0.29) is 39.5 Å². The van der Waals surface area contributed by atoms with Gasteiger partial charge in [0.05, 0.1) is 16.3 Å².